The average Bonchev–Trinajstić information content (AvgIpc) is 2.71. The normalized spacial score (nSPS) is 23.0. The molecule has 0 aliphatic carbocycles. The number of hydrogen-bond donors (Lipinski definition) is 0. The van der Waals surface area contributed by atoms with Crippen molar-refractivity contribution < 1.29 is 14.3 Å². The Labute approximate surface area is 121 Å². The van der Waals surface area contributed by atoms with Crippen molar-refractivity contribution in [3.8, 4) is 0 Å². The van der Waals surface area contributed by atoms with Gasteiger partial charge in [0.15, 0.2) is 0 Å². The monoisotopic (exact) mass is 279 g/mol. The molecule has 0 saturated carbocycles. The van der Waals surface area contributed by atoms with E-state index in [0.29, 0.717) is 12.0 Å². The number of amides is 1. The van der Waals surface area contributed by atoms with E-state index in [4.69, 9.17) is 4.74 Å². The van der Waals surface area contributed by atoms with E-state index in [0.717, 1.165) is 16.8 Å². The largest absolute Gasteiger partial charge is 0.440 e. The number of hydrogen-bond acceptors (Lipinski definition) is 3. The first-order valence-electron chi connectivity index (χ1n) is 6.82. The van der Waals surface area contributed by atoms with Crippen LogP contribution < -0.4 is 4.90 Å². The molecule has 0 saturated heterocycles. The first-order valence-corrected chi connectivity index (χ1v) is 6.82. The molecule has 2 heterocycles. The molecular formula is C17H13NO3. The molecule has 0 aromatic heterocycles. The number of para-hydroxylation sites is 1. The number of anilines is 1. The van der Waals surface area contributed by atoms with Crippen LogP contribution in [0.2, 0.25) is 0 Å². The Morgan fingerprint density at radius 3 is 2.62 bits per heavy atom. The van der Waals surface area contributed by atoms with E-state index in [9.17, 15) is 9.59 Å². The first-order chi connectivity index (χ1) is 10.1. The number of esters is 1. The number of ether oxygens (including phenoxy) is 1. The van der Waals surface area contributed by atoms with Crippen LogP contribution >= 0.6 is 0 Å². The highest BCUT2D eigenvalue weighted by Gasteiger charge is 2.55. The van der Waals surface area contributed by atoms with E-state index in [1.165, 1.54) is 0 Å². The lowest BCUT2D eigenvalue weighted by Gasteiger charge is -2.33. The molecule has 0 radical (unpaired) electrons. The fraction of sp³-hybridized carbons (Fsp3) is 0.176. The van der Waals surface area contributed by atoms with Gasteiger partial charge < -0.3 is 9.64 Å². The highest BCUT2D eigenvalue weighted by atomic mass is 16.6. The average molecular weight is 279 g/mol. The number of fused-ring (bicyclic) bond motifs is 3. The molecule has 1 unspecified atom stereocenters. The zero-order valence-electron chi connectivity index (χ0n) is 11.5. The number of nitrogens with zero attached hydrogens (tertiary/aromatic N) is 1. The van der Waals surface area contributed by atoms with Gasteiger partial charge in [-0.15, -0.1) is 0 Å². The zero-order valence-corrected chi connectivity index (χ0v) is 11.5. The Balaban J connectivity index is 1.94. The molecule has 2 aliphatic rings. The van der Waals surface area contributed by atoms with Crippen LogP contribution in [-0.4, -0.2) is 18.9 Å². The third-order valence-electron chi connectivity index (χ3n) is 4.29. The van der Waals surface area contributed by atoms with Gasteiger partial charge in [-0.2, -0.15) is 0 Å². The minimum atomic E-state index is -1.21. The highest BCUT2D eigenvalue weighted by molar-refractivity contribution is 6.09. The molecule has 0 fully saturated rings. The van der Waals surface area contributed by atoms with Gasteiger partial charge >= 0.3 is 5.97 Å². The van der Waals surface area contributed by atoms with Crippen molar-refractivity contribution in [1.29, 1.82) is 0 Å². The van der Waals surface area contributed by atoms with Crippen molar-refractivity contribution in [2.24, 2.45) is 0 Å². The van der Waals surface area contributed by atoms with Crippen molar-refractivity contribution in [2.45, 2.75) is 12.0 Å². The highest BCUT2D eigenvalue weighted by Crippen LogP contribution is 2.46. The van der Waals surface area contributed by atoms with Gasteiger partial charge in [0.2, 0.25) is 5.60 Å². The van der Waals surface area contributed by atoms with E-state index in [1.807, 2.05) is 36.4 Å². The van der Waals surface area contributed by atoms with E-state index in [2.05, 4.69) is 0 Å². The van der Waals surface area contributed by atoms with Crippen LogP contribution in [0.25, 0.3) is 0 Å². The second kappa shape index (κ2) is 3.95. The van der Waals surface area contributed by atoms with Gasteiger partial charge in [-0.3, -0.25) is 4.79 Å². The van der Waals surface area contributed by atoms with Crippen molar-refractivity contribution in [2.75, 3.05) is 11.9 Å². The number of rotatable bonds is 0. The van der Waals surface area contributed by atoms with E-state index in [1.54, 1.807) is 24.1 Å². The molecule has 21 heavy (non-hydrogen) atoms. The summed E-state index contributed by atoms with van der Waals surface area (Å²) >= 11 is 0. The quantitative estimate of drug-likeness (QED) is 0.695. The molecule has 2 aliphatic heterocycles. The van der Waals surface area contributed by atoms with Gasteiger partial charge in [0.1, 0.15) is 0 Å². The third-order valence-corrected chi connectivity index (χ3v) is 4.29. The SMILES string of the molecule is CN1C(=O)C2(Cc3ccccc3C(=O)O2)c2ccccc21. The fourth-order valence-electron chi connectivity index (χ4n) is 3.26. The molecule has 1 amide bonds. The molecule has 0 N–H and O–H groups in total. The predicted octanol–water partition coefficient (Wildman–Crippen LogP) is 2.27. The van der Waals surface area contributed by atoms with Crippen LogP contribution in [0.3, 0.4) is 0 Å². The smallest absolute Gasteiger partial charge is 0.339 e. The molecule has 0 bridgehead atoms. The molecule has 2 aromatic rings. The van der Waals surface area contributed by atoms with Crippen molar-refractivity contribution in [1.82, 2.24) is 0 Å². The van der Waals surface area contributed by atoms with Crippen LogP contribution in [0.1, 0.15) is 21.5 Å². The molecule has 4 nitrogen and oxygen atoms in total. The van der Waals surface area contributed by atoms with Gasteiger partial charge in [-0.05, 0) is 17.7 Å². The molecule has 1 spiro atoms. The van der Waals surface area contributed by atoms with Crippen molar-refractivity contribution >= 4 is 17.6 Å². The minimum Gasteiger partial charge on any atom is -0.440 e. The topological polar surface area (TPSA) is 46.6 Å². The number of likely N-dealkylation sites (N-methyl/N-ethyl adjacent to an activating group) is 1. The number of carbonyl (C=O) groups excluding carboxylic acids is 2. The van der Waals surface area contributed by atoms with E-state index >= 15 is 0 Å². The molecule has 104 valence electrons. The predicted molar refractivity (Wildman–Crippen MR) is 77.1 cm³/mol. The fourth-order valence-corrected chi connectivity index (χ4v) is 3.26. The molecule has 4 heteroatoms. The standard InChI is InChI=1S/C17H13NO3/c1-18-14-9-5-4-8-13(14)17(16(18)20)10-11-6-2-3-7-12(11)15(19)21-17/h2-9H,10H2,1H3. The zero-order chi connectivity index (χ0) is 14.6. The van der Waals surface area contributed by atoms with Gasteiger partial charge in [-0.25, -0.2) is 4.79 Å². The lowest BCUT2D eigenvalue weighted by Crippen LogP contribution is -2.46. The second-order valence-corrected chi connectivity index (χ2v) is 5.43. The minimum absolute atomic E-state index is 0.188. The van der Waals surface area contributed by atoms with Gasteiger partial charge in [0.05, 0.1) is 11.3 Å². The van der Waals surface area contributed by atoms with Crippen LogP contribution in [0.5, 0.6) is 0 Å². The maximum Gasteiger partial charge on any atom is 0.339 e. The summed E-state index contributed by atoms with van der Waals surface area (Å²) in [6, 6.07) is 14.8. The van der Waals surface area contributed by atoms with Gasteiger partial charge in [0.25, 0.3) is 5.91 Å². The van der Waals surface area contributed by atoms with Gasteiger partial charge in [0, 0.05) is 19.0 Å². The Bertz CT molecular complexity index is 783. The lowest BCUT2D eigenvalue weighted by atomic mass is 9.84. The summed E-state index contributed by atoms with van der Waals surface area (Å²) < 4.78 is 5.64. The van der Waals surface area contributed by atoms with Crippen molar-refractivity contribution in [3.63, 3.8) is 0 Å². The Morgan fingerprint density at radius 1 is 1.05 bits per heavy atom. The lowest BCUT2D eigenvalue weighted by molar-refractivity contribution is -0.137. The molecular weight excluding hydrogens is 266 g/mol. The number of benzene rings is 2. The summed E-state index contributed by atoms with van der Waals surface area (Å²) in [5.74, 6) is -0.623. The maximum atomic E-state index is 12.7. The van der Waals surface area contributed by atoms with Crippen LogP contribution in [0, 0.1) is 0 Å². The third kappa shape index (κ3) is 1.44. The summed E-state index contributed by atoms with van der Waals surface area (Å²) in [4.78, 5) is 26.6. The summed E-state index contributed by atoms with van der Waals surface area (Å²) in [6.45, 7) is 0. The Morgan fingerprint density at radius 2 is 1.76 bits per heavy atom. The second-order valence-electron chi connectivity index (χ2n) is 5.43. The van der Waals surface area contributed by atoms with Crippen molar-refractivity contribution in [3.05, 3.63) is 65.2 Å². The summed E-state index contributed by atoms with van der Waals surface area (Å²) in [5, 5.41) is 0. The molecule has 2 aromatic carbocycles. The summed E-state index contributed by atoms with van der Waals surface area (Å²) in [6.07, 6.45) is 0.384. The van der Waals surface area contributed by atoms with Crippen LogP contribution in [0.4, 0.5) is 5.69 Å². The molecule has 1 atom stereocenters. The van der Waals surface area contributed by atoms with Crippen LogP contribution in [-0.2, 0) is 21.6 Å². The Hall–Kier alpha value is -2.62. The van der Waals surface area contributed by atoms with Gasteiger partial charge in [-0.1, -0.05) is 36.4 Å². The van der Waals surface area contributed by atoms with E-state index in [-0.39, 0.29) is 5.91 Å². The maximum absolute atomic E-state index is 12.7. The van der Waals surface area contributed by atoms with Crippen LogP contribution in [0.15, 0.2) is 48.5 Å². The molecule has 4 rings (SSSR count). The first kappa shape index (κ1) is 12.1. The number of carbonyl (C=O) groups is 2. The summed E-state index contributed by atoms with van der Waals surface area (Å²) in [7, 11) is 1.71. The van der Waals surface area contributed by atoms with E-state index < -0.39 is 11.6 Å². The summed E-state index contributed by atoms with van der Waals surface area (Å²) in [5.41, 5.74) is 1.75. The Kier molecular flexibility index (Phi) is 2.28.